The molecule has 1 aromatic carbocycles. The van der Waals surface area contributed by atoms with Gasteiger partial charge >= 0.3 is 0 Å². The van der Waals surface area contributed by atoms with E-state index < -0.39 is 0 Å². The number of fused-ring (bicyclic) bond motifs is 2. The minimum absolute atomic E-state index is 0.318. The normalized spacial score (nSPS) is 25.7. The number of nitrogens with zero attached hydrogens (tertiary/aromatic N) is 2. The third-order valence-electron chi connectivity index (χ3n) is 4.61. The standard InChI is InChI=1S/C15H19FN2O2/c1-20-15-7-6-14(16)12(8-17-19)13(15)9-18-10-2-3-11(18)5-4-10/h6-8,10-11,19H,2-5,9H2,1H3/b17-8+. The molecule has 2 bridgehead atoms. The Labute approximate surface area is 117 Å². The number of halogens is 1. The summed E-state index contributed by atoms with van der Waals surface area (Å²) in [6.07, 6.45) is 6.07. The highest BCUT2D eigenvalue weighted by Crippen LogP contribution is 2.40. The zero-order chi connectivity index (χ0) is 14.1. The van der Waals surface area contributed by atoms with E-state index in [9.17, 15) is 4.39 Å². The molecule has 0 unspecified atom stereocenters. The van der Waals surface area contributed by atoms with Crippen molar-refractivity contribution in [1.82, 2.24) is 4.90 Å². The van der Waals surface area contributed by atoms with Crippen LogP contribution in [0.15, 0.2) is 17.3 Å². The van der Waals surface area contributed by atoms with Crippen molar-refractivity contribution >= 4 is 6.21 Å². The Kier molecular flexibility index (Phi) is 3.61. The van der Waals surface area contributed by atoms with Crippen molar-refractivity contribution in [2.75, 3.05) is 7.11 Å². The van der Waals surface area contributed by atoms with Crippen LogP contribution in [0.2, 0.25) is 0 Å². The number of methoxy groups -OCH3 is 1. The minimum Gasteiger partial charge on any atom is -0.496 e. The Hall–Kier alpha value is -1.62. The van der Waals surface area contributed by atoms with Gasteiger partial charge in [0.1, 0.15) is 11.6 Å². The zero-order valence-corrected chi connectivity index (χ0v) is 11.6. The molecule has 0 spiro atoms. The molecule has 2 aliphatic heterocycles. The van der Waals surface area contributed by atoms with Gasteiger partial charge in [0.05, 0.1) is 13.3 Å². The van der Waals surface area contributed by atoms with E-state index >= 15 is 0 Å². The molecule has 5 heteroatoms. The highest BCUT2D eigenvalue weighted by Gasteiger charge is 2.39. The van der Waals surface area contributed by atoms with E-state index in [-0.39, 0.29) is 5.82 Å². The maximum Gasteiger partial charge on any atom is 0.132 e. The second-order valence-corrected chi connectivity index (χ2v) is 5.52. The summed E-state index contributed by atoms with van der Waals surface area (Å²) < 4.78 is 19.3. The summed E-state index contributed by atoms with van der Waals surface area (Å²) in [4.78, 5) is 2.44. The van der Waals surface area contributed by atoms with E-state index in [0.29, 0.717) is 29.9 Å². The number of benzene rings is 1. The highest BCUT2D eigenvalue weighted by atomic mass is 19.1. The predicted octanol–water partition coefficient (Wildman–Crippen LogP) is 2.77. The molecule has 3 rings (SSSR count). The van der Waals surface area contributed by atoms with Gasteiger partial charge in [0.25, 0.3) is 0 Å². The lowest BCUT2D eigenvalue weighted by molar-refractivity contribution is 0.239. The van der Waals surface area contributed by atoms with E-state index in [1.165, 1.54) is 31.7 Å². The van der Waals surface area contributed by atoms with Crippen molar-refractivity contribution in [3.63, 3.8) is 0 Å². The van der Waals surface area contributed by atoms with E-state index in [1.807, 2.05) is 0 Å². The van der Waals surface area contributed by atoms with Crippen LogP contribution in [-0.4, -0.2) is 35.5 Å². The molecule has 1 aromatic rings. The fraction of sp³-hybridized carbons (Fsp3) is 0.533. The predicted molar refractivity (Wildman–Crippen MR) is 73.9 cm³/mol. The number of hydrogen-bond acceptors (Lipinski definition) is 4. The number of ether oxygens (including phenoxy) is 1. The summed E-state index contributed by atoms with van der Waals surface area (Å²) in [5.41, 5.74) is 1.09. The van der Waals surface area contributed by atoms with Gasteiger partial charge in [-0.1, -0.05) is 5.16 Å². The lowest BCUT2D eigenvalue weighted by atomic mass is 10.0. The summed E-state index contributed by atoms with van der Waals surface area (Å²) in [5, 5.41) is 11.7. The van der Waals surface area contributed by atoms with Crippen molar-refractivity contribution in [1.29, 1.82) is 0 Å². The molecule has 20 heavy (non-hydrogen) atoms. The van der Waals surface area contributed by atoms with Crippen molar-refractivity contribution < 1.29 is 14.3 Å². The molecule has 2 aliphatic rings. The third kappa shape index (κ3) is 2.16. The average molecular weight is 278 g/mol. The summed E-state index contributed by atoms with van der Waals surface area (Å²) in [5.74, 6) is 0.262. The summed E-state index contributed by atoms with van der Waals surface area (Å²) >= 11 is 0. The fourth-order valence-electron chi connectivity index (χ4n) is 3.63. The van der Waals surface area contributed by atoms with Crippen molar-refractivity contribution in [2.45, 2.75) is 44.3 Å². The van der Waals surface area contributed by atoms with E-state index in [4.69, 9.17) is 9.94 Å². The van der Waals surface area contributed by atoms with Crippen LogP contribution in [0.5, 0.6) is 5.75 Å². The van der Waals surface area contributed by atoms with Crippen LogP contribution in [0, 0.1) is 5.82 Å². The molecule has 0 saturated carbocycles. The molecule has 4 nitrogen and oxygen atoms in total. The lowest BCUT2D eigenvalue weighted by Gasteiger charge is -2.24. The van der Waals surface area contributed by atoms with Gasteiger partial charge in [-0.15, -0.1) is 0 Å². The van der Waals surface area contributed by atoms with Crippen LogP contribution in [0.3, 0.4) is 0 Å². The molecule has 2 saturated heterocycles. The Bertz CT molecular complexity index is 513. The molecule has 0 aromatic heterocycles. The van der Waals surface area contributed by atoms with Crippen molar-refractivity contribution in [3.8, 4) is 5.75 Å². The van der Waals surface area contributed by atoms with Gasteiger partial charge in [0.15, 0.2) is 0 Å². The largest absolute Gasteiger partial charge is 0.496 e. The molecule has 1 N–H and O–H groups in total. The summed E-state index contributed by atoms with van der Waals surface area (Å²) in [7, 11) is 1.58. The van der Waals surface area contributed by atoms with Gasteiger partial charge in [0, 0.05) is 29.8 Å². The average Bonchev–Trinajstić information content (AvgIpc) is 3.02. The molecule has 2 fully saturated rings. The number of rotatable bonds is 4. The number of oxime groups is 1. The SMILES string of the molecule is COc1ccc(F)c(/C=N/O)c1CN1C2CCC1CC2. The number of hydrogen-bond donors (Lipinski definition) is 1. The van der Waals surface area contributed by atoms with E-state index in [2.05, 4.69) is 10.1 Å². The van der Waals surface area contributed by atoms with Crippen LogP contribution >= 0.6 is 0 Å². The molecule has 108 valence electrons. The first-order chi connectivity index (χ1) is 9.74. The van der Waals surface area contributed by atoms with Crippen molar-refractivity contribution in [3.05, 3.63) is 29.1 Å². The third-order valence-corrected chi connectivity index (χ3v) is 4.61. The van der Waals surface area contributed by atoms with E-state index in [1.54, 1.807) is 13.2 Å². The monoisotopic (exact) mass is 278 g/mol. The topological polar surface area (TPSA) is 45.1 Å². The summed E-state index contributed by atoms with van der Waals surface area (Å²) in [6, 6.07) is 4.19. The van der Waals surface area contributed by atoms with Gasteiger partial charge in [-0.25, -0.2) is 4.39 Å². The zero-order valence-electron chi connectivity index (χ0n) is 11.6. The van der Waals surface area contributed by atoms with Crippen LogP contribution in [0.1, 0.15) is 36.8 Å². The van der Waals surface area contributed by atoms with Crippen LogP contribution < -0.4 is 4.74 Å². The second kappa shape index (κ2) is 5.40. The maximum atomic E-state index is 14.0. The van der Waals surface area contributed by atoms with Crippen molar-refractivity contribution in [2.24, 2.45) is 5.16 Å². The van der Waals surface area contributed by atoms with Gasteiger partial charge < -0.3 is 9.94 Å². The Morgan fingerprint density at radius 1 is 1.35 bits per heavy atom. The molecule has 0 aliphatic carbocycles. The van der Waals surface area contributed by atoms with Crippen LogP contribution in [0.25, 0.3) is 0 Å². The minimum atomic E-state index is -0.384. The van der Waals surface area contributed by atoms with Crippen LogP contribution in [0.4, 0.5) is 4.39 Å². The van der Waals surface area contributed by atoms with E-state index in [0.717, 1.165) is 11.8 Å². The molecular formula is C15H19FN2O2. The van der Waals surface area contributed by atoms with Gasteiger partial charge in [0.2, 0.25) is 0 Å². The van der Waals surface area contributed by atoms with Gasteiger partial charge in [-0.2, -0.15) is 0 Å². The molecular weight excluding hydrogens is 259 g/mol. The Balaban J connectivity index is 1.96. The van der Waals surface area contributed by atoms with Gasteiger partial charge in [-0.05, 0) is 37.8 Å². The Morgan fingerprint density at radius 2 is 2.00 bits per heavy atom. The lowest BCUT2D eigenvalue weighted by Crippen LogP contribution is -2.28. The Morgan fingerprint density at radius 3 is 2.55 bits per heavy atom. The smallest absolute Gasteiger partial charge is 0.132 e. The quantitative estimate of drug-likeness (QED) is 0.523. The van der Waals surface area contributed by atoms with Gasteiger partial charge in [-0.3, -0.25) is 4.90 Å². The maximum absolute atomic E-state index is 14.0. The molecule has 0 radical (unpaired) electrons. The second-order valence-electron chi connectivity index (χ2n) is 5.52. The first-order valence-electron chi connectivity index (χ1n) is 7.03. The summed E-state index contributed by atoms with van der Waals surface area (Å²) in [6.45, 7) is 0.650. The molecule has 0 atom stereocenters. The molecule has 2 heterocycles. The first-order valence-corrected chi connectivity index (χ1v) is 7.03. The van der Waals surface area contributed by atoms with Crippen LogP contribution in [-0.2, 0) is 6.54 Å². The molecule has 0 amide bonds. The fourth-order valence-corrected chi connectivity index (χ4v) is 3.63. The first kappa shape index (κ1) is 13.4. The highest BCUT2D eigenvalue weighted by molar-refractivity contribution is 5.83.